The Morgan fingerprint density at radius 1 is 0.889 bits per heavy atom. The first-order chi connectivity index (χ1) is 16.9. The van der Waals surface area contributed by atoms with E-state index >= 15 is 0 Å². The van der Waals surface area contributed by atoms with Crippen molar-refractivity contribution in [3.8, 4) is 0 Å². The topological polar surface area (TPSA) is 95.6 Å². The van der Waals surface area contributed by atoms with Gasteiger partial charge in [0, 0.05) is 28.9 Å². The molecular weight excluding hydrogens is 494 g/mol. The van der Waals surface area contributed by atoms with Crippen LogP contribution >= 0.6 is 11.8 Å². The highest BCUT2D eigenvalue weighted by atomic mass is 32.2. The first-order valence-electron chi connectivity index (χ1n) is 11.3. The van der Waals surface area contributed by atoms with Gasteiger partial charge in [0.25, 0.3) is 5.91 Å². The molecule has 0 heterocycles. The summed E-state index contributed by atoms with van der Waals surface area (Å²) in [4.78, 5) is 26.3. The Bertz CT molecular complexity index is 1330. The number of sulfonamides is 1. The average Bonchev–Trinajstić information content (AvgIpc) is 2.83. The van der Waals surface area contributed by atoms with E-state index in [-0.39, 0.29) is 22.8 Å². The molecule has 3 aromatic carbocycles. The van der Waals surface area contributed by atoms with E-state index in [1.54, 1.807) is 48.5 Å². The van der Waals surface area contributed by atoms with E-state index in [0.29, 0.717) is 16.9 Å². The molecule has 0 saturated carbocycles. The van der Waals surface area contributed by atoms with Gasteiger partial charge in [0.15, 0.2) is 0 Å². The molecule has 3 rings (SSSR count). The average molecular weight is 526 g/mol. The van der Waals surface area contributed by atoms with Gasteiger partial charge in [-0.2, -0.15) is 4.31 Å². The highest BCUT2D eigenvalue weighted by molar-refractivity contribution is 7.98. The number of likely N-dealkylation sites (N-methyl/N-ethyl adjacent to an activating group) is 1. The zero-order valence-corrected chi connectivity index (χ0v) is 22.7. The summed E-state index contributed by atoms with van der Waals surface area (Å²) in [6.45, 7) is 5.97. The van der Waals surface area contributed by atoms with Crippen LogP contribution in [0.15, 0.2) is 82.6 Å². The number of nitrogens with zero attached hydrogens (tertiary/aromatic N) is 1. The third-order valence-corrected chi connectivity index (χ3v) is 8.11. The molecule has 7 nitrogen and oxygen atoms in total. The number of carbonyl (C=O) groups is 2. The number of hydrogen-bond donors (Lipinski definition) is 2. The van der Waals surface area contributed by atoms with E-state index in [1.165, 1.54) is 30.9 Å². The van der Waals surface area contributed by atoms with Crippen LogP contribution in [0.2, 0.25) is 0 Å². The smallest absolute Gasteiger partial charge is 0.255 e. The molecule has 0 radical (unpaired) electrons. The summed E-state index contributed by atoms with van der Waals surface area (Å²) >= 11 is 1.51. The minimum Gasteiger partial charge on any atom is -0.325 e. The Balaban J connectivity index is 1.62. The van der Waals surface area contributed by atoms with Crippen molar-refractivity contribution in [2.75, 3.05) is 30.5 Å². The lowest BCUT2D eigenvalue weighted by Crippen LogP contribution is -2.35. The Kier molecular flexibility index (Phi) is 8.60. The van der Waals surface area contributed by atoms with Crippen molar-refractivity contribution in [1.29, 1.82) is 0 Å². The summed E-state index contributed by atoms with van der Waals surface area (Å²) in [6.07, 6.45) is 1.91. The Labute approximate surface area is 217 Å². The number of rotatable bonds is 8. The van der Waals surface area contributed by atoms with Crippen molar-refractivity contribution in [2.45, 2.75) is 36.0 Å². The molecule has 0 bridgehead atoms. The molecule has 36 heavy (non-hydrogen) atoms. The molecule has 190 valence electrons. The lowest BCUT2D eigenvalue weighted by molar-refractivity contribution is -0.116. The molecule has 0 aromatic heterocycles. The molecule has 0 spiro atoms. The standard InChI is InChI=1S/C27H31N3O4S2/c1-27(2,3)20-11-9-19(10-12-20)26(32)29-22-8-6-7-21(17-22)28-25(31)18-30(4)36(33,34)24-15-13-23(35-5)14-16-24/h6-17H,18H2,1-5H3,(H,28,31)(H,29,32). The second-order valence-electron chi connectivity index (χ2n) is 9.35. The van der Waals surface area contributed by atoms with E-state index in [2.05, 4.69) is 31.4 Å². The van der Waals surface area contributed by atoms with Crippen LogP contribution in [-0.4, -0.2) is 44.4 Å². The van der Waals surface area contributed by atoms with Crippen molar-refractivity contribution in [1.82, 2.24) is 4.31 Å². The van der Waals surface area contributed by atoms with E-state index in [0.717, 1.165) is 14.8 Å². The van der Waals surface area contributed by atoms with E-state index in [9.17, 15) is 18.0 Å². The maximum Gasteiger partial charge on any atom is 0.255 e. The third kappa shape index (κ3) is 6.96. The molecular formula is C27H31N3O4S2. The lowest BCUT2D eigenvalue weighted by atomic mass is 9.87. The molecule has 0 aliphatic rings. The van der Waals surface area contributed by atoms with Gasteiger partial charge in [-0.25, -0.2) is 8.42 Å². The fourth-order valence-corrected chi connectivity index (χ4v) is 4.95. The summed E-state index contributed by atoms with van der Waals surface area (Å²) in [5.41, 5.74) is 2.60. The number of nitrogens with one attached hydrogen (secondary N) is 2. The highest BCUT2D eigenvalue weighted by Gasteiger charge is 2.23. The highest BCUT2D eigenvalue weighted by Crippen LogP contribution is 2.23. The number of amides is 2. The van der Waals surface area contributed by atoms with Gasteiger partial charge in [-0.05, 0) is 71.8 Å². The van der Waals surface area contributed by atoms with Crippen LogP contribution in [0.1, 0.15) is 36.7 Å². The van der Waals surface area contributed by atoms with Gasteiger partial charge in [-0.3, -0.25) is 9.59 Å². The lowest BCUT2D eigenvalue weighted by Gasteiger charge is -2.19. The molecule has 0 fully saturated rings. The number of anilines is 2. The maximum atomic E-state index is 12.8. The molecule has 0 aliphatic carbocycles. The van der Waals surface area contributed by atoms with Crippen molar-refractivity contribution in [3.63, 3.8) is 0 Å². The zero-order chi connectivity index (χ0) is 26.5. The first-order valence-corrected chi connectivity index (χ1v) is 14.0. The van der Waals surface area contributed by atoms with Crippen molar-refractivity contribution in [2.24, 2.45) is 0 Å². The number of carbonyl (C=O) groups excluding carboxylic acids is 2. The minimum absolute atomic E-state index is 0.00616. The maximum absolute atomic E-state index is 12.8. The van der Waals surface area contributed by atoms with E-state index in [1.807, 2.05) is 18.4 Å². The van der Waals surface area contributed by atoms with Crippen molar-refractivity contribution < 1.29 is 18.0 Å². The monoisotopic (exact) mass is 525 g/mol. The summed E-state index contributed by atoms with van der Waals surface area (Å²) in [6, 6.07) is 20.6. The Hall–Kier alpha value is -3.14. The van der Waals surface area contributed by atoms with Gasteiger partial charge >= 0.3 is 0 Å². The Morgan fingerprint density at radius 2 is 1.47 bits per heavy atom. The van der Waals surface area contributed by atoms with Crippen LogP contribution in [0.4, 0.5) is 11.4 Å². The minimum atomic E-state index is -3.81. The largest absolute Gasteiger partial charge is 0.325 e. The second kappa shape index (κ2) is 11.3. The van der Waals surface area contributed by atoms with E-state index in [4.69, 9.17) is 0 Å². The molecule has 3 aromatic rings. The predicted octanol–water partition coefficient (Wildman–Crippen LogP) is 5.22. The van der Waals surface area contributed by atoms with Gasteiger partial charge in [-0.1, -0.05) is 39.0 Å². The van der Waals surface area contributed by atoms with Crippen LogP contribution in [-0.2, 0) is 20.2 Å². The molecule has 0 atom stereocenters. The summed E-state index contributed by atoms with van der Waals surface area (Å²) in [5.74, 6) is -0.764. The van der Waals surface area contributed by atoms with Crippen LogP contribution < -0.4 is 10.6 Å². The first kappa shape index (κ1) is 27.4. The third-order valence-electron chi connectivity index (χ3n) is 5.55. The summed E-state index contributed by atoms with van der Waals surface area (Å²) < 4.78 is 26.6. The second-order valence-corrected chi connectivity index (χ2v) is 12.3. The van der Waals surface area contributed by atoms with Gasteiger partial charge in [-0.15, -0.1) is 11.8 Å². The predicted molar refractivity (Wildman–Crippen MR) is 146 cm³/mol. The van der Waals surface area contributed by atoms with Crippen LogP contribution in [0.3, 0.4) is 0 Å². The van der Waals surface area contributed by atoms with Crippen LogP contribution in [0.25, 0.3) is 0 Å². The number of hydrogen-bond acceptors (Lipinski definition) is 5. The molecule has 0 unspecified atom stereocenters. The molecule has 0 aliphatic heterocycles. The van der Waals surface area contributed by atoms with Gasteiger partial charge in [0.2, 0.25) is 15.9 Å². The Morgan fingerprint density at radius 3 is 2.03 bits per heavy atom. The van der Waals surface area contributed by atoms with Gasteiger partial charge < -0.3 is 10.6 Å². The summed E-state index contributed by atoms with van der Waals surface area (Å²) in [5, 5.41) is 5.52. The summed E-state index contributed by atoms with van der Waals surface area (Å²) in [7, 11) is -2.45. The molecule has 2 amide bonds. The van der Waals surface area contributed by atoms with Crippen LogP contribution in [0.5, 0.6) is 0 Å². The normalized spacial score (nSPS) is 11.8. The van der Waals surface area contributed by atoms with Crippen molar-refractivity contribution >= 4 is 45.0 Å². The van der Waals surface area contributed by atoms with Gasteiger partial charge in [0.1, 0.15) is 0 Å². The fraction of sp³-hybridized carbons (Fsp3) is 0.259. The van der Waals surface area contributed by atoms with E-state index < -0.39 is 15.9 Å². The van der Waals surface area contributed by atoms with Crippen molar-refractivity contribution in [3.05, 3.63) is 83.9 Å². The SMILES string of the molecule is CSc1ccc(S(=O)(=O)N(C)CC(=O)Nc2cccc(NC(=O)c3ccc(C(C)(C)C)cc3)c2)cc1. The number of thioether (sulfide) groups is 1. The fourth-order valence-electron chi connectivity index (χ4n) is 3.41. The molecule has 2 N–H and O–H groups in total. The quantitative estimate of drug-likeness (QED) is 0.393. The molecule has 9 heteroatoms. The molecule has 0 saturated heterocycles. The number of benzene rings is 3. The van der Waals surface area contributed by atoms with Gasteiger partial charge in [0.05, 0.1) is 11.4 Å². The zero-order valence-electron chi connectivity index (χ0n) is 21.0. The van der Waals surface area contributed by atoms with Crippen LogP contribution in [0, 0.1) is 0 Å².